The van der Waals surface area contributed by atoms with E-state index < -0.39 is 46.2 Å². The molecule has 66 heavy (non-hydrogen) atoms. The number of halogens is 1. The van der Waals surface area contributed by atoms with Gasteiger partial charge in [0.1, 0.15) is 41.2 Å². The van der Waals surface area contributed by atoms with Crippen molar-refractivity contribution in [2.24, 2.45) is 0 Å². The summed E-state index contributed by atoms with van der Waals surface area (Å²) in [4.78, 5) is 22.6. The molecular weight excluding hydrogens is 886 g/mol. The summed E-state index contributed by atoms with van der Waals surface area (Å²) in [5.74, 6) is 1.52. The maximum absolute atomic E-state index is 18.4. The Hall–Kier alpha value is -4.55. The zero-order chi connectivity index (χ0) is 47.7. The second-order valence-electron chi connectivity index (χ2n) is 20.4. The Balaban J connectivity index is 1.41. The highest BCUT2D eigenvalue weighted by atomic mass is 32.1. The third-order valence-corrected chi connectivity index (χ3v) is 24.0. The molecule has 1 saturated heterocycles. The van der Waals surface area contributed by atoms with Crippen LogP contribution in [0.25, 0.3) is 10.2 Å². The smallest absolute Gasteiger partial charge is 0.252 e. The van der Waals surface area contributed by atoms with E-state index in [0.29, 0.717) is 45.1 Å². The molecule has 1 fully saturated rings. The molecule has 3 aromatic carbocycles. The number of ether oxygens (including phenoxy) is 4. The summed E-state index contributed by atoms with van der Waals surface area (Å²) in [7, 11) is -1.98. The molecule has 0 saturated carbocycles. The van der Waals surface area contributed by atoms with Gasteiger partial charge < -0.3 is 33.1 Å². The molecule has 1 amide bonds. The number of fused-ring (bicyclic) bond motifs is 1. The predicted octanol–water partition coefficient (Wildman–Crippen LogP) is 12.5. The van der Waals surface area contributed by atoms with Crippen LogP contribution in [0, 0.1) is 0 Å². The zero-order valence-corrected chi connectivity index (χ0v) is 43.3. The number of thiophene rings is 1. The number of nitrogens with one attached hydrogen (secondary N) is 1. The molecule has 2 aliphatic rings. The minimum absolute atomic E-state index is 0.00227. The van der Waals surface area contributed by atoms with E-state index in [0.717, 1.165) is 23.1 Å². The lowest BCUT2D eigenvalue weighted by atomic mass is 9.79. The molecule has 2 aromatic heterocycles. The average molecular weight is 952 g/mol. The molecule has 14 heteroatoms. The summed E-state index contributed by atoms with van der Waals surface area (Å²) >= 11 is 1.35. The van der Waals surface area contributed by atoms with Gasteiger partial charge >= 0.3 is 0 Å². The van der Waals surface area contributed by atoms with Crippen LogP contribution in [-0.4, -0.2) is 77.8 Å². The Morgan fingerprint density at radius 3 is 1.97 bits per heavy atom. The number of anilines is 1. The van der Waals surface area contributed by atoms with Crippen molar-refractivity contribution in [1.29, 1.82) is 0 Å². The van der Waals surface area contributed by atoms with Crippen molar-refractivity contribution < 1.29 is 37.0 Å². The molecule has 352 valence electrons. The maximum Gasteiger partial charge on any atom is 0.252 e. The van der Waals surface area contributed by atoms with Crippen molar-refractivity contribution in [2.75, 3.05) is 32.8 Å². The van der Waals surface area contributed by atoms with E-state index in [1.165, 1.54) is 17.7 Å². The number of benzene rings is 3. The lowest BCUT2D eigenvalue weighted by molar-refractivity contribution is -0.163. The second kappa shape index (κ2) is 19.2. The quantitative estimate of drug-likeness (QED) is 0.0763. The normalized spacial score (nSPS) is 20.6. The molecule has 7 rings (SSSR count). The van der Waals surface area contributed by atoms with Gasteiger partial charge in [0, 0.05) is 11.1 Å². The van der Waals surface area contributed by atoms with Crippen LogP contribution in [0.15, 0.2) is 114 Å². The van der Waals surface area contributed by atoms with Crippen molar-refractivity contribution in [3.8, 4) is 11.5 Å². The van der Waals surface area contributed by atoms with Gasteiger partial charge in [-0.3, -0.25) is 4.79 Å². The number of carbonyl (C=O) groups excluding carboxylic acids is 1. The Morgan fingerprint density at radius 2 is 1.42 bits per heavy atom. The summed E-state index contributed by atoms with van der Waals surface area (Å²) in [5, 5.41) is 4.41. The highest BCUT2D eigenvalue weighted by Gasteiger charge is 2.62. The molecule has 0 bridgehead atoms. The van der Waals surface area contributed by atoms with Crippen LogP contribution in [0.1, 0.15) is 82.7 Å². The third kappa shape index (κ3) is 9.74. The van der Waals surface area contributed by atoms with Gasteiger partial charge in [-0.15, -0.1) is 11.3 Å². The van der Waals surface area contributed by atoms with Gasteiger partial charge in [0.2, 0.25) is 0 Å². The SMILES string of the molecule is COc1ccc(C(OC[C@]2(CO[Si](C)(C)C(C)(C)C)O[C@@H](c3csc4c(NC(=O)C5=CC=CCC5)ncnc34)[C@H](F)[C@@H]2O[Si](C)(C)C(C)(C)C)(c2ccccc2)c2ccc(OC)cc2)cc1. The van der Waals surface area contributed by atoms with Crippen LogP contribution in [0.4, 0.5) is 10.2 Å². The lowest BCUT2D eigenvalue weighted by Crippen LogP contribution is -2.59. The average Bonchev–Trinajstić information content (AvgIpc) is 3.85. The number of hydrogen-bond acceptors (Lipinski definition) is 10. The molecule has 10 nitrogen and oxygen atoms in total. The monoisotopic (exact) mass is 951 g/mol. The number of amides is 1. The number of aromatic nitrogens is 2. The van der Waals surface area contributed by atoms with Gasteiger partial charge in [-0.05, 0) is 95.4 Å². The fourth-order valence-electron chi connectivity index (χ4n) is 7.97. The molecule has 3 heterocycles. The lowest BCUT2D eigenvalue weighted by Gasteiger charge is -2.46. The summed E-state index contributed by atoms with van der Waals surface area (Å²) in [6, 6.07) is 25.7. The number of carbonyl (C=O) groups is 1. The number of alkyl halides is 1. The first-order valence-corrected chi connectivity index (χ1v) is 29.4. The van der Waals surface area contributed by atoms with Crippen LogP contribution in [-0.2, 0) is 28.7 Å². The number of nitrogens with zero attached hydrogens (tertiary/aromatic N) is 2. The molecule has 4 atom stereocenters. The summed E-state index contributed by atoms with van der Waals surface area (Å²) in [6.45, 7) is 21.5. The molecule has 1 aliphatic carbocycles. The molecular formula is C52H66FN3O7SSi2. The Bertz CT molecular complexity index is 2490. The predicted molar refractivity (Wildman–Crippen MR) is 267 cm³/mol. The zero-order valence-electron chi connectivity index (χ0n) is 40.5. The Morgan fingerprint density at radius 1 is 0.833 bits per heavy atom. The molecule has 5 aromatic rings. The molecule has 1 N–H and O–H groups in total. The summed E-state index contributed by atoms with van der Waals surface area (Å²) < 4.78 is 59.8. The van der Waals surface area contributed by atoms with Gasteiger partial charge in [-0.25, -0.2) is 14.4 Å². The first-order chi connectivity index (χ1) is 31.2. The van der Waals surface area contributed by atoms with Gasteiger partial charge in [-0.2, -0.15) is 0 Å². The number of methoxy groups -OCH3 is 2. The van der Waals surface area contributed by atoms with Crippen LogP contribution in [0.5, 0.6) is 11.5 Å². The summed E-state index contributed by atoms with van der Waals surface area (Å²) in [6.07, 6.45) is 4.62. The topological polar surface area (TPSA) is 110 Å². The number of hydrogen-bond donors (Lipinski definition) is 1. The van der Waals surface area contributed by atoms with Crippen molar-refractivity contribution in [3.63, 3.8) is 0 Å². The van der Waals surface area contributed by atoms with E-state index in [9.17, 15) is 4.79 Å². The minimum atomic E-state index is -2.74. The summed E-state index contributed by atoms with van der Waals surface area (Å²) in [5.41, 5.74) is 1.45. The van der Waals surface area contributed by atoms with Crippen molar-refractivity contribution in [1.82, 2.24) is 9.97 Å². The highest BCUT2D eigenvalue weighted by molar-refractivity contribution is 7.18. The van der Waals surface area contributed by atoms with E-state index in [-0.39, 0.29) is 29.2 Å². The van der Waals surface area contributed by atoms with Crippen molar-refractivity contribution >= 4 is 49.9 Å². The van der Waals surface area contributed by atoms with E-state index in [2.05, 4.69) is 78.0 Å². The standard InChI is InChI=1S/C52H66FN3O7SSi2/c1-49(2,3)65(9,10)61-33-51(32-60-52(36-21-17-14-18-22-36,37-23-27-39(58-7)28-24-37)38-25-29-40(59-8)30-26-38)46(63-66(11,12)50(4,5)6)42(53)44(62-51)41-31-64-45-43(41)54-34-55-47(45)56-48(57)35-19-15-13-16-20-35/h13-15,17-19,21-31,34,42,44,46H,16,20,32-33H2,1-12H3,(H,54,55,56,57)/t42-,44-,46-,51+/m0/s1. The number of rotatable bonds is 16. The third-order valence-electron chi connectivity index (χ3n) is 14.1. The van der Waals surface area contributed by atoms with Crippen LogP contribution in [0.3, 0.4) is 0 Å². The van der Waals surface area contributed by atoms with Crippen molar-refractivity contribution in [2.45, 2.75) is 120 Å². The maximum atomic E-state index is 18.4. The fourth-order valence-corrected chi connectivity index (χ4v) is 11.3. The van der Waals surface area contributed by atoms with Crippen LogP contribution >= 0.6 is 11.3 Å². The van der Waals surface area contributed by atoms with E-state index in [1.54, 1.807) is 14.2 Å². The van der Waals surface area contributed by atoms with Gasteiger partial charge in [0.05, 0.1) is 37.6 Å². The first-order valence-electron chi connectivity index (χ1n) is 22.7. The van der Waals surface area contributed by atoms with Crippen molar-refractivity contribution in [3.05, 3.63) is 137 Å². The van der Waals surface area contributed by atoms with Crippen LogP contribution in [0.2, 0.25) is 36.3 Å². The van der Waals surface area contributed by atoms with Gasteiger partial charge in [0.25, 0.3) is 5.91 Å². The van der Waals surface area contributed by atoms with Crippen LogP contribution < -0.4 is 14.8 Å². The molecule has 0 unspecified atom stereocenters. The largest absolute Gasteiger partial charge is 0.497 e. The van der Waals surface area contributed by atoms with Gasteiger partial charge in [0.15, 0.2) is 28.6 Å². The molecule has 0 spiro atoms. The first kappa shape index (κ1) is 49.4. The van der Waals surface area contributed by atoms with E-state index in [4.69, 9.17) is 32.8 Å². The highest BCUT2D eigenvalue weighted by Crippen LogP contribution is 2.52. The van der Waals surface area contributed by atoms with E-state index >= 15 is 4.39 Å². The Kier molecular flexibility index (Phi) is 14.4. The second-order valence-corrected chi connectivity index (χ2v) is 30.8. The molecule has 1 aliphatic heterocycles. The molecule has 0 radical (unpaired) electrons. The fraction of sp³-hybridized carbons (Fsp3) is 0.442. The minimum Gasteiger partial charge on any atom is -0.497 e. The van der Waals surface area contributed by atoms with Gasteiger partial charge in [-0.1, -0.05) is 114 Å². The van der Waals surface area contributed by atoms with E-state index in [1.807, 2.05) is 102 Å². The Labute approximate surface area is 396 Å². The number of allylic oxidation sites excluding steroid dienone is 3.